The van der Waals surface area contributed by atoms with Crippen LogP contribution in [0.4, 0.5) is 4.79 Å². The Balaban J connectivity index is 0.00000625. The standard InChI is InChI=1S/C17H22ClNO6.Na.H/c1-3-5-15(20)23-12(2)24-17(22)19-11-4-6-16(21)25-14-9-7-13(18)8-10-14;;/h7-10,12H,3-6,11H2,1-2H3,(H,19,22);;. The van der Waals surface area contributed by atoms with Gasteiger partial charge in [0.2, 0.25) is 6.29 Å². The van der Waals surface area contributed by atoms with Crippen LogP contribution in [-0.4, -0.2) is 60.4 Å². The predicted molar refractivity (Wildman–Crippen MR) is 98.4 cm³/mol. The van der Waals surface area contributed by atoms with Crippen molar-refractivity contribution in [3.8, 4) is 5.75 Å². The summed E-state index contributed by atoms with van der Waals surface area (Å²) in [5, 5.41) is 3.02. The van der Waals surface area contributed by atoms with E-state index in [1.165, 1.54) is 6.92 Å². The molecule has 0 aliphatic rings. The van der Waals surface area contributed by atoms with Crippen LogP contribution in [-0.2, 0) is 19.1 Å². The number of carbonyl (C=O) groups excluding carboxylic acids is 3. The number of esters is 2. The monoisotopic (exact) mass is 395 g/mol. The van der Waals surface area contributed by atoms with Crippen molar-refractivity contribution in [2.24, 2.45) is 0 Å². The fourth-order valence-corrected chi connectivity index (χ4v) is 1.90. The molecule has 1 amide bonds. The Morgan fingerprint density at radius 1 is 1.08 bits per heavy atom. The van der Waals surface area contributed by atoms with Crippen molar-refractivity contribution < 1.29 is 28.6 Å². The Morgan fingerprint density at radius 3 is 2.35 bits per heavy atom. The van der Waals surface area contributed by atoms with Gasteiger partial charge in [0.05, 0.1) is 0 Å². The molecule has 0 radical (unpaired) electrons. The molecule has 26 heavy (non-hydrogen) atoms. The molecule has 9 heteroatoms. The van der Waals surface area contributed by atoms with Crippen molar-refractivity contribution in [1.29, 1.82) is 0 Å². The summed E-state index contributed by atoms with van der Waals surface area (Å²) >= 11 is 5.74. The first-order valence-electron chi connectivity index (χ1n) is 8.01. The summed E-state index contributed by atoms with van der Waals surface area (Å²) in [5.41, 5.74) is 0. The molecule has 1 aromatic carbocycles. The van der Waals surface area contributed by atoms with Gasteiger partial charge in [-0.25, -0.2) is 4.79 Å². The average molecular weight is 396 g/mol. The second kappa shape index (κ2) is 13.9. The summed E-state index contributed by atoms with van der Waals surface area (Å²) in [6.07, 6.45) is -0.249. The van der Waals surface area contributed by atoms with Crippen LogP contribution in [0, 0.1) is 0 Å². The third-order valence-corrected chi connectivity index (χ3v) is 3.15. The number of alkyl carbamates (subject to hydrolysis) is 1. The van der Waals surface area contributed by atoms with E-state index in [1.54, 1.807) is 24.3 Å². The van der Waals surface area contributed by atoms with Gasteiger partial charge >= 0.3 is 47.6 Å². The molecule has 0 fully saturated rings. The molecule has 0 bridgehead atoms. The number of hydrogen-bond donors (Lipinski definition) is 1. The minimum absolute atomic E-state index is 0. The first kappa shape index (κ1) is 24.7. The number of amides is 1. The SMILES string of the molecule is CCCC(=O)OC(C)OC(=O)NCCCC(=O)Oc1ccc(Cl)cc1.[NaH]. The number of halogens is 1. The fourth-order valence-electron chi connectivity index (χ4n) is 1.77. The Hall–Kier alpha value is -1.28. The molecule has 7 nitrogen and oxygen atoms in total. The second-order valence-corrected chi connectivity index (χ2v) is 5.61. The third kappa shape index (κ3) is 11.4. The van der Waals surface area contributed by atoms with E-state index in [2.05, 4.69) is 5.32 Å². The van der Waals surface area contributed by atoms with Crippen LogP contribution in [0.5, 0.6) is 5.75 Å². The van der Waals surface area contributed by atoms with Crippen LogP contribution in [0.3, 0.4) is 0 Å². The van der Waals surface area contributed by atoms with Gasteiger partial charge in [-0.15, -0.1) is 0 Å². The summed E-state index contributed by atoms with van der Waals surface area (Å²) in [6.45, 7) is 3.53. The molecule has 0 aromatic heterocycles. The van der Waals surface area contributed by atoms with E-state index in [0.717, 1.165) is 0 Å². The number of ether oxygens (including phenoxy) is 3. The molecule has 0 aliphatic carbocycles. The molecule has 0 saturated heterocycles. The van der Waals surface area contributed by atoms with Gasteiger partial charge in [-0.2, -0.15) is 0 Å². The van der Waals surface area contributed by atoms with Gasteiger partial charge in [-0.05, 0) is 37.1 Å². The molecule has 1 rings (SSSR count). The summed E-state index contributed by atoms with van der Waals surface area (Å²) in [4.78, 5) is 34.4. The van der Waals surface area contributed by atoms with Crippen LogP contribution >= 0.6 is 11.6 Å². The van der Waals surface area contributed by atoms with Gasteiger partial charge in [-0.1, -0.05) is 18.5 Å². The van der Waals surface area contributed by atoms with Crippen molar-refractivity contribution in [2.75, 3.05) is 6.54 Å². The molecule has 1 N–H and O–H groups in total. The minimum atomic E-state index is -0.964. The maximum atomic E-state index is 11.6. The molecular formula is C17H23ClNNaO6. The van der Waals surface area contributed by atoms with Crippen molar-refractivity contribution in [3.05, 3.63) is 29.3 Å². The predicted octanol–water partition coefficient (Wildman–Crippen LogP) is 2.79. The number of nitrogens with one attached hydrogen (secondary N) is 1. The van der Waals surface area contributed by atoms with Crippen LogP contribution in [0.1, 0.15) is 39.5 Å². The van der Waals surface area contributed by atoms with E-state index in [0.29, 0.717) is 23.6 Å². The summed E-state index contributed by atoms with van der Waals surface area (Å²) in [6, 6.07) is 6.43. The van der Waals surface area contributed by atoms with Gasteiger partial charge in [0.25, 0.3) is 0 Å². The van der Waals surface area contributed by atoms with Gasteiger partial charge in [-0.3, -0.25) is 9.59 Å². The van der Waals surface area contributed by atoms with E-state index < -0.39 is 24.3 Å². The third-order valence-electron chi connectivity index (χ3n) is 2.90. The Morgan fingerprint density at radius 2 is 1.73 bits per heavy atom. The summed E-state index contributed by atoms with van der Waals surface area (Å²) in [5.74, 6) is -0.434. The van der Waals surface area contributed by atoms with Gasteiger partial charge in [0.15, 0.2) is 0 Å². The number of carbonyl (C=O) groups is 3. The first-order chi connectivity index (χ1) is 11.9. The second-order valence-electron chi connectivity index (χ2n) is 5.17. The molecule has 1 atom stereocenters. The van der Waals surface area contributed by atoms with Crippen molar-refractivity contribution >= 4 is 59.2 Å². The molecule has 140 valence electrons. The maximum absolute atomic E-state index is 11.6. The first-order valence-corrected chi connectivity index (χ1v) is 8.38. The van der Waals surface area contributed by atoms with Crippen LogP contribution in [0.25, 0.3) is 0 Å². The molecular weight excluding hydrogens is 373 g/mol. The van der Waals surface area contributed by atoms with E-state index in [9.17, 15) is 14.4 Å². The molecule has 0 spiro atoms. The molecule has 0 saturated carbocycles. The quantitative estimate of drug-likeness (QED) is 0.227. The zero-order valence-corrected chi connectivity index (χ0v) is 15.0. The van der Waals surface area contributed by atoms with Crippen LogP contribution in [0.2, 0.25) is 5.02 Å². The number of hydrogen-bond acceptors (Lipinski definition) is 6. The number of rotatable bonds is 9. The topological polar surface area (TPSA) is 90.9 Å². The van der Waals surface area contributed by atoms with E-state index in [-0.39, 0.29) is 48.9 Å². The van der Waals surface area contributed by atoms with Crippen molar-refractivity contribution in [2.45, 2.75) is 45.8 Å². The van der Waals surface area contributed by atoms with E-state index in [1.807, 2.05) is 6.92 Å². The number of benzene rings is 1. The molecule has 1 aromatic rings. The van der Waals surface area contributed by atoms with Gasteiger partial charge < -0.3 is 19.5 Å². The van der Waals surface area contributed by atoms with Crippen LogP contribution in [0.15, 0.2) is 24.3 Å². The Kier molecular flexibility index (Phi) is 13.2. The van der Waals surface area contributed by atoms with E-state index >= 15 is 0 Å². The van der Waals surface area contributed by atoms with Crippen molar-refractivity contribution in [3.63, 3.8) is 0 Å². The average Bonchev–Trinajstić information content (AvgIpc) is 2.53. The molecule has 0 heterocycles. The molecule has 0 aliphatic heterocycles. The normalized spacial score (nSPS) is 10.9. The fraction of sp³-hybridized carbons (Fsp3) is 0.471. The van der Waals surface area contributed by atoms with Crippen LogP contribution < -0.4 is 10.1 Å². The zero-order valence-electron chi connectivity index (χ0n) is 14.2. The zero-order chi connectivity index (χ0) is 18.7. The van der Waals surface area contributed by atoms with E-state index in [4.69, 9.17) is 25.8 Å². The van der Waals surface area contributed by atoms with Gasteiger partial charge in [0, 0.05) is 31.3 Å². The van der Waals surface area contributed by atoms with Gasteiger partial charge in [0.1, 0.15) is 5.75 Å². The summed E-state index contributed by atoms with van der Waals surface area (Å²) in [7, 11) is 0. The Labute approximate surface area is 180 Å². The Bertz CT molecular complexity index is 581. The van der Waals surface area contributed by atoms with Crippen molar-refractivity contribution in [1.82, 2.24) is 5.32 Å². The molecule has 1 unspecified atom stereocenters. The summed E-state index contributed by atoms with van der Waals surface area (Å²) < 4.78 is 14.8.